The number of anilines is 3. The Kier molecular flexibility index (Phi) is 7.29. The van der Waals surface area contributed by atoms with Gasteiger partial charge in [-0.05, 0) is 36.8 Å². The molecule has 2 saturated heterocycles. The van der Waals surface area contributed by atoms with Crippen molar-refractivity contribution in [2.24, 2.45) is 0 Å². The molecule has 0 radical (unpaired) electrons. The molecule has 0 saturated carbocycles. The highest BCUT2D eigenvalue weighted by molar-refractivity contribution is 6.33. The number of aliphatic hydroxyl groups is 1. The summed E-state index contributed by atoms with van der Waals surface area (Å²) in [6, 6.07) is 9.48. The maximum Gasteiger partial charge on any atom is 0.322 e. The Bertz CT molecular complexity index is 911. The van der Waals surface area contributed by atoms with Crippen LogP contribution >= 0.6 is 11.6 Å². The lowest BCUT2D eigenvalue weighted by molar-refractivity contribution is 0.188. The number of amides is 2. The molecular weight excluding hydrogens is 430 g/mol. The summed E-state index contributed by atoms with van der Waals surface area (Å²) in [4.78, 5) is 21.0. The summed E-state index contributed by atoms with van der Waals surface area (Å²) in [5, 5.41) is 21.4. The number of aryl methyl sites for hydroxylation is 1. The highest BCUT2D eigenvalue weighted by atomic mass is 35.5. The Morgan fingerprint density at radius 2 is 1.56 bits per heavy atom. The monoisotopic (exact) mass is 459 g/mol. The van der Waals surface area contributed by atoms with Crippen molar-refractivity contribution in [1.29, 1.82) is 0 Å². The second-order valence-electron chi connectivity index (χ2n) is 8.19. The molecule has 0 bridgehead atoms. The molecule has 2 aromatic rings. The van der Waals surface area contributed by atoms with E-state index in [0.29, 0.717) is 36.9 Å². The lowest BCUT2D eigenvalue weighted by atomic mass is 10.2. The van der Waals surface area contributed by atoms with Crippen molar-refractivity contribution >= 4 is 35.0 Å². The molecule has 0 aliphatic carbocycles. The predicted molar refractivity (Wildman–Crippen MR) is 127 cm³/mol. The fourth-order valence-corrected chi connectivity index (χ4v) is 4.33. The third kappa shape index (κ3) is 5.40. The van der Waals surface area contributed by atoms with Crippen LogP contribution in [0.2, 0.25) is 5.02 Å². The molecule has 1 aromatic carbocycles. The van der Waals surface area contributed by atoms with Crippen LogP contribution in [0.3, 0.4) is 0 Å². The minimum atomic E-state index is -0.142. The Morgan fingerprint density at radius 3 is 2.09 bits per heavy atom. The first-order valence-corrected chi connectivity index (χ1v) is 11.4. The van der Waals surface area contributed by atoms with E-state index in [1.54, 1.807) is 4.90 Å². The molecule has 9 nitrogen and oxygen atoms in total. The topological polar surface area (TPSA) is 88.1 Å². The number of benzene rings is 1. The van der Waals surface area contributed by atoms with Gasteiger partial charge in [0.1, 0.15) is 0 Å². The van der Waals surface area contributed by atoms with Gasteiger partial charge in [-0.3, -0.25) is 4.90 Å². The van der Waals surface area contributed by atoms with Gasteiger partial charge >= 0.3 is 6.03 Å². The van der Waals surface area contributed by atoms with Crippen molar-refractivity contribution in [3.8, 4) is 0 Å². The lowest BCUT2D eigenvalue weighted by Gasteiger charge is -2.36. The molecule has 4 rings (SSSR count). The molecule has 2 N–H and O–H groups in total. The molecule has 3 heterocycles. The fourth-order valence-electron chi connectivity index (χ4n) is 4.05. The van der Waals surface area contributed by atoms with Crippen molar-refractivity contribution in [3.05, 3.63) is 40.9 Å². The number of piperazine rings is 2. The molecule has 0 spiro atoms. The molecule has 2 fully saturated rings. The first-order valence-electron chi connectivity index (χ1n) is 11.0. The molecule has 172 valence electrons. The molecule has 0 atom stereocenters. The number of hydrogen-bond donors (Lipinski definition) is 2. The third-order valence-corrected chi connectivity index (χ3v) is 6.32. The molecule has 2 amide bonds. The number of carbonyl (C=O) groups is 1. The number of nitrogens with one attached hydrogen (secondary N) is 1. The quantitative estimate of drug-likeness (QED) is 0.706. The Labute approximate surface area is 193 Å². The van der Waals surface area contributed by atoms with E-state index in [0.717, 1.165) is 49.9 Å². The lowest BCUT2D eigenvalue weighted by Crippen LogP contribution is -2.50. The van der Waals surface area contributed by atoms with E-state index in [4.69, 9.17) is 16.7 Å². The summed E-state index contributed by atoms with van der Waals surface area (Å²) >= 11 is 6.23. The molecular formula is C22H30ClN7O2. The minimum Gasteiger partial charge on any atom is -0.395 e. The SMILES string of the molecule is Cc1ccc(NC(=O)N2CCN(c3ccc(N4CCN(CCO)CC4)nn3)CC2)c(Cl)c1. The van der Waals surface area contributed by atoms with E-state index in [-0.39, 0.29) is 12.6 Å². The first kappa shape index (κ1) is 22.6. The van der Waals surface area contributed by atoms with E-state index in [1.165, 1.54) is 0 Å². The number of carbonyl (C=O) groups excluding carboxylic acids is 1. The van der Waals surface area contributed by atoms with Crippen molar-refractivity contribution in [3.63, 3.8) is 0 Å². The van der Waals surface area contributed by atoms with Crippen LogP contribution in [0.1, 0.15) is 5.56 Å². The maximum absolute atomic E-state index is 12.6. The normalized spacial score (nSPS) is 17.5. The zero-order valence-electron chi connectivity index (χ0n) is 18.4. The summed E-state index contributed by atoms with van der Waals surface area (Å²) in [6.45, 7) is 9.08. The second-order valence-corrected chi connectivity index (χ2v) is 8.60. The minimum absolute atomic E-state index is 0.142. The average Bonchev–Trinajstić information content (AvgIpc) is 2.82. The third-order valence-electron chi connectivity index (χ3n) is 6.01. The van der Waals surface area contributed by atoms with Crippen LogP contribution in [-0.2, 0) is 0 Å². The van der Waals surface area contributed by atoms with Crippen LogP contribution in [-0.4, -0.2) is 96.6 Å². The summed E-state index contributed by atoms with van der Waals surface area (Å²) in [7, 11) is 0. The second kappa shape index (κ2) is 10.3. The Hall–Kier alpha value is -2.62. The van der Waals surface area contributed by atoms with Gasteiger partial charge in [-0.25, -0.2) is 4.79 Å². The molecule has 0 unspecified atom stereocenters. The van der Waals surface area contributed by atoms with E-state index < -0.39 is 0 Å². The van der Waals surface area contributed by atoms with E-state index >= 15 is 0 Å². The number of aliphatic hydroxyl groups excluding tert-OH is 1. The van der Waals surface area contributed by atoms with Crippen LogP contribution in [0.5, 0.6) is 0 Å². The zero-order valence-corrected chi connectivity index (χ0v) is 19.1. The van der Waals surface area contributed by atoms with E-state index in [9.17, 15) is 4.79 Å². The largest absolute Gasteiger partial charge is 0.395 e. The van der Waals surface area contributed by atoms with Crippen molar-refractivity contribution in [2.75, 3.05) is 80.6 Å². The highest BCUT2D eigenvalue weighted by Crippen LogP contribution is 2.23. The molecule has 2 aliphatic rings. The summed E-state index contributed by atoms with van der Waals surface area (Å²) in [5.74, 6) is 1.71. The number of nitrogens with zero attached hydrogens (tertiary/aromatic N) is 6. The summed E-state index contributed by atoms with van der Waals surface area (Å²) < 4.78 is 0. The van der Waals surface area contributed by atoms with Crippen molar-refractivity contribution in [1.82, 2.24) is 20.0 Å². The van der Waals surface area contributed by atoms with Gasteiger partial charge in [0.25, 0.3) is 0 Å². The molecule has 2 aliphatic heterocycles. The average molecular weight is 460 g/mol. The number of β-amino-alcohol motifs (C(OH)–C–C–N with tert-alkyl or cyclic N) is 1. The number of rotatable bonds is 5. The smallest absolute Gasteiger partial charge is 0.322 e. The van der Waals surface area contributed by atoms with Gasteiger partial charge in [-0.2, -0.15) is 0 Å². The van der Waals surface area contributed by atoms with E-state index in [1.807, 2.05) is 37.3 Å². The van der Waals surface area contributed by atoms with Gasteiger partial charge < -0.3 is 25.1 Å². The Balaban J connectivity index is 1.27. The van der Waals surface area contributed by atoms with Gasteiger partial charge in [-0.15, -0.1) is 10.2 Å². The molecule has 1 aromatic heterocycles. The molecule has 10 heteroatoms. The molecule has 32 heavy (non-hydrogen) atoms. The van der Waals surface area contributed by atoms with Gasteiger partial charge in [0.2, 0.25) is 0 Å². The Morgan fingerprint density at radius 1 is 0.969 bits per heavy atom. The fraction of sp³-hybridized carbons (Fsp3) is 0.500. The van der Waals surface area contributed by atoms with Crippen molar-refractivity contribution < 1.29 is 9.90 Å². The van der Waals surface area contributed by atoms with Gasteiger partial charge in [-0.1, -0.05) is 17.7 Å². The number of halogens is 1. The van der Waals surface area contributed by atoms with Crippen LogP contribution in [0.15, 0.2) is 30.3 Å². The van der Waals surface area contributed by atoms with Gasteiger partial charge in [0, 0.05) is 58.9 Å². The van der Waals surface area contributed by atoms with Gasteiger partial charge in [0.15, 0.2) is 11.6 Å². The standard InChI is InChI=1S/C22H30ClN7O2/c1-17-2-3-19(18(23)16-17)24-22(32)30-12-10-29(11-13-30)21-5-4-20(25-26-21)28-8-6-27(7-9-28)14-15-31/h2-5,16,31H,6-15H2,1H3,(H,24,32). The van der Waals surface area contributed by atoms with Crippen molar-refractivity contribution in [2.45, 2.75) is 6.92 Å². The van der Waals surface area contributed by atoms with Crippen LogP contribution in [0.4, 0.5) is 22.1 Å². The van der Waals surface area contributed by atoms with Crippen LogP contribution in [0.25, 0.3) is 0 Å². The predicted octanol–water partition coefficient (Wildman–Crippen LogP) is 1.91. The van der Waals surface area contributed by atoms with E-state index in [2.05, 4.69) is 30.2 Å². The van der Waals surface area contributed by atoms with Gasteiger partial charge in [0.05, 0.1) is 17.3 Å². The number of aromatic nitrogens is 2. The summed E-state index contributed by atoms with van der Waals surface area (Å²) in [6.07, 6.45) is 0. The van der Waals surface area contributed by atoms with Crippen LogP contribution in [0, 0.1) is 6.92 Å². The summed E-state index contributed by atoms with van der Waals surface area (Å²) in [5.41, 5.74) is 1.68. The number of hydrogen-bond acceptors (Lipinski definition) is 7. The maximum atomic E-state index is 12.6. The first-order chi connectivity index (χ1) is 15.5. The van der Waals surface area contributed by atoms with Crippen LogP contribution < -0.4 is 15.1 Å². The number of urea groups is 1. The zero-order chi connectivity index (χ0) is 22.5. The highest BCUT2D eigenvalue weighted by Gasteiger charge is 2.23.